The molecule has 0 bridgehead atoms. The molecule has 0 aromatic heterocycles. The maximum atomic E-state index is 2.58. The highest BCUT2D eigenvalue weighted by molar-refractivity contribution is 5.17. The Labute approximate surface area is 123 Å². The largest absolute Gasteiger partial charge is 0.292 e. The highest BCUT2D eigenvalue weighted by atomic mass is 15.1. The SMILES string of the molecule is CCC[C@H](C)N(Cc1ccccc1)Cc1ccccc1. The zero-order chi connectivity index (χ0) is 14.2. The topological polar surface area (TPSA) is 3.24 Å². The van der Waals surface area contributed by atoms with Crippen molar-refractivity contribution in [2.45, 2.75) is 45.8 Å². The van der Waals surface area contributed by atoms with E-state index >= 15 is 0 Å². The van der Waals surface area contributed by atoms with Crippen molar-refractivity contribution in [2.75, 3.05) is 0 Å². The molecule has 0 aliphatic heterocycles. The molecule has 2 aromatic rings. The average Bonchev–Trinajstić information content (AvgIpc) is 2.49. The first-order chi connectivity index (χ1) is 9.79. The van der Waals surface area contributed by atoms with Crippen LogP contribution in [-0.2, 0) is 13.1 Å². The lowest BCUT2D eigenvalue weighted by molar-refractivity contribution is 0.181. The van der Waals surface area contributed by atoms with E-state index in [1.165, 1.54) is 24.0 Å². The maximum absolute atomic E-state index is 2.58. The van der Waals surface area contributed by atoms with Gasteiger partial charge in [-0.2, -0.15) is 0 Å². The quantitative estimate of drug-likeness (QED) is 0.691. The second-order valence-electron chi connectivity index (χ2n) is 5.51. The van der Waals surface area contributed by atoms with E-state index in [9.17, 15) is 0 Å². The van der Waals surface area contributed by atoms with Gasteiger partial charge >= 0.3 is 0 Å². The summed E-state index contributed by atoms with van der Waals surface area (Å²) in [5.74, 6) is 0. The zero-order valence-electron chi connectivity index (χ0n) is 12.6. The monoisotopic (exact) mass is 267 g/mol. The normalized spacial score (nSPS) is 12.6. The van der Waals surface area contributed by atoms with Crippen molar-refractivity contribution < 1.29 is 0 Å². The summed E-state index contributed by atoms with van der Waals surface area (Å²) in [4.78, 5) is 2.58. The molecule has 0 unspecified atom stereocenters. The number of hydrogen-bond acceptors (Lipinski definition) is 1. The van der Waals surface area contributed by atoms with Crippen LogP contribution in [0.3, 0.4) is 0 Å². The van der Waals surface area contributed by atoms with E-state index in [1.807, 2.05) is 0 Å². The van der Waals surface area contributed by atoms with Crippen LogP contribution in [0.4, 0.5) is 0 Å². The van der Waals surface area contributed by atoms with Crippen LogP contribution in [0.5, 0.6) is 0 Å². The summed E-state index contributed by atoms with van der Waals surface area (Å²) in [5, 5.41) is 0. The lowest BCUT2D eigenvalue weighted by Gasteiger charge is -2.29. The van der Waals surface area contributed by atoms with Crippen LogP contribution in [0.1, 0.15) is 37.8 Å². The van der Waals surface area contributed by atoms with Crippen molar-refractivity contribution >= 4 is 0 Å². The Bertz CT molecular complexity index is 436. The van der Waals surface area contributed by atoms with Gasteiger partial charge in [-0.3, -0.25) is 4.90 Å². The number of benzene rings is 2. The van der Waals surface area contributed by atoms with Crippen LogP contribution in [0.25, 0.3) is 0 Å². The molecule has 0 saturated carbocycles. The van der Waals surface area contributed by atoms with Gasteiger partial charge < -0.3 is 0 Å². The van der Waals surface area contributed by atoms with Crippen LogP contribution >= 0.6 is 0 Å². The van der Waals surface area contributed by atoms with Crippen molar-refractivity contribution in [3.63, 3.8) is 0 Å². The van der Waals surface area contributed by atoms with E-state index in [0.29, 0.717) is 6.04 Å². The molecule has 0 N–H and O–H groups in total. The van der Waals surface area contributed by atoms with Gasteiger partial charge in [-0.15, -0.1) is 0 Å². The fourth-order valence-corrected chi connectivity index (χ4v) is 2.60. The molecular formula is C19H25N. The van der Waals surface area contributed by atoms with Gasteiger partial charge in [-0.05, 0) is 24.5 Å². The van der Waals surface area contributed by atoms with Crippen molar-refractivity contribution in [3.8, 4) is 0 Å². The first kappa shape index (κ1) is 14.8. The molecular weight excluding hydrogens is 242 g/mol. The maximum Gasteiger partial charge on any atom is 0.0240 e. The van der Waals surface area contributed by atoms with Crippen LogP contribution < -0.4 is 0 Å². The minimum Gasteiger partial charge on any atom is -0.292 e. The van der Waals surface area contributed by atoms with Crippen LogP contribution in [0.2, 0.25) is 0 Å². The Morgan fingerprint density at radius 2 is 1.25 bits per heavy atom. The Morgan fingerprint density at radius 3 is 1.65 bits per heavy atom. The molecule has 1 atom stereocenters. The van der Waals surface area contributed by atoms with Crippen molar-refractivity contribution in [3.05, 3.63) is 71.8 Å². The molecule has 0 fully saturated rings. The lowest BCUT2D eigenvalue weighted by atomic mass is 10.1. The van der Waals surface area contributed by atoms with Gasteiger partial charge in [0.05, 0.1) is 0 Å². The molecule has 106 valence electrons. The molecule has 20 heavy (non-hydrogen) atoms. The average molecular weight is 267 g/mol. The summed E-state index contributed by atoms with van der Waals surface area (Å²) in [6.07, 6.45) is 2.49. The Morgan fingerprint density at radius 1 is 0.800 bits per heavy atom. The van der Waals surface area contributed by atoms with E-state index in [2.05, 4.69) is 79.4 Å². The first-order valence-electron chi connectivity index (χ1n) is 7.61. The number of nitrogens with zero attached hydrogens (tertiary/aromatic N) is 1. The molecule has 0 heterocycles. The number of rotatable bonds is 7. The second-order valence-corrected chi connectivity index (χ2v) is 5.51. The minimum atomic E-state index is 0.611. The predicted molar refractivity (Wildman–Crippen MR) is 86.5 cm³/mol. The van der Waals surface area contributed by atoms with Crippen LogP contribution in [-0.4, -0.2) is 10.9 Å². The summed E-state index contributed by atoms with van der Waals surface area (Å²) in [6, 6.07) is 22.2. The molecule has 0 aliphatic carbocycles. The molecule has 0 amide bonds. The van der Waals surface area contributed by atoms with Crippen LogP contribution in [0.15, 0.2) is 60.7 Å². The highest BCUT2D eigenvalue weighted by Crippen LogP contribution is 2.16. The summed E-state index contributed by atoms with van der Waals surface area (Å²) in [5.41, 5.74) is 2.79. The van der Waals surface area contributed by atoms with E-state index in [4.69, 9.17) is 0 Å². The molecule has 0 spiro atoms. The van der Waals surface area contributed by atoms with E-state index in [-0.39, 0.29) is 0 Å². The molecule has 2 aromatic carbocycles. The Hall–Kier alpha value is -1.60. The van der Waals surface area contributed by atoms with Gasteiger partial charge in [-0.1, -0.05) is 74.0 Å². The fraction of sp³-hybridized carbons (Fsp3) is 0.368. The predicted octanol–water partition coefficient (Wildman–Crippen LogP) is 4.88. The van der Waals surface area contributed by atoms with E-state index < -0.39 is 0 Å². The zero-order valence-corrected chi connectivity index (χ0v) is 12.6. The lowest BCUT2D eigenvalue weighted by Crippen LogP contribution is -2.32. The van der Waals surface area contributed by atoms with Gasteiger partial charge in [0.15, 0.2) is 0 Å². The first-order valence-corrected chi connectivity index (χ1v) is 7.61. The molecule has 0 aliphatic rings. The number of hydrogen-bond donors (Lipinski definition) is 0. The Balaban J connectivity index is 2.08. The van der Waals surface area contributed by atoms with E-state index in [0.717, 1.165) is 13.1 Å². The third-order valence-electron chi connectivity index (χ3n) is 3.79. The molecule has 0 saturated heterocycles. The van der Waals surface area contributed by atoms with Gasteiger partial charge in [0, 0.05) is 19.1 Å². The van der Waals surface area contributed by atoms with Gasteiger partial charge in [0.1, 0.15) is 0 Å². The smallest absolute Gasteiger partial charge is 0.0240 e. The van der Waals surface area contributed by atoms with Crippen molar-refractivity contribution in [2.24, 2.45) is 0 Å². The van der Waals surface area contributed by atoms with E-state index in [1.54, 1.807) is 0 Å². The molecule has 1 nitrogen and oxygen atoms in total. The van der Waals surface area contributed by atoms with Crippen molar-refractivity contribution in [1.29, 1.82) is 0 Å². The van der Waals surface area contributed by atoms with Crippen LogP contribution in [0, 0.1) is 0 Å². The third kappa shape index (κ3) is 4.50. The highest BCUT2D eigenvalue weighted by Gasteiger charge is 2.13. The minimum absolute atomic E-state index is 0.611. The van der Waals surface area contributed by atoms with Gasteiger partial charge in [0.25, 0.3) is 0 Å². The van der Waals surface area contributed by atoms with Gasteiger partial charge in [-0.25, -0.2) is 0 Å². The summed E-state index contributed by atoms with van der Waals surface area (Å²) < 4.78 is 0. The Kier molecular flexibility index (Phi) is 5.82. The third-order valence-corrected chi connectivity index (χ3v) is 3.79. The molecule has 1 heteroatoms. The second kappa shape index (κ2) is 7.86. The summed E-state index contributed by atoms with van der Waals surface area (Å²) in [7, 11) is 0. The fourth-order valence-electron chi connectivity index (χ4n) is 2.60. The van der Waals surface area contributed by atoms with Crippen molar-refractivity contribution in [1.82, 2.24) is 4.90 Å². The summed E-state index contributed by atoms with van der Waals surface area (Å²) in [6.45, 7) is 6.66. The molecule has 0 radical (unpaired) electrons. The van der Waals surface area contributed by atoms with Gasteiger partial charge in [0.2, 0.25) is 0 Å². The molecule has 2 rings (SSSR count). The summed E-state index contributed by atoms with van der Waals surface area (Å²) >= 11 is 0. The standard InChI is InChI=1S/C19H25N/c1-3-10-17(2)20(15-18-11-6-4-7-12-18)16-19-13-8-5-9-14-19/h4-9,11-14,17H,3,10,15-16H2,1-2H3/t17-/m0/s1.